The normalized spacial score (nSPS) is 16.4. The first-order valence-electron chi connectivity index (χ1n) is 7.62. The van der Waals surface area contributed by atoms with Crippen LogP contribution in [0, 0.1) is 0 Å². The maximum Gasteiger partial charge on any atom is 0.272 e. The van der Waals surface area contributed by atoms with Gasteiger partial charge in [0.25, 0.3) is 5.91 Å². The van der Waals surface area contributed by atoms with Gasteiger partial charge < -0.3 is 10.0 Å². The smallest absolute Gasteiger partial charge is 0.272 e. The van der Waals surface area contributed by atoms with Crippen molar-refractivity contribution in [1.29, 1.82) is 0 Å². The largest absolute Gasteiger partial charge is 0.395 e. The van der Waals surface area contributed by atoms with E-state index in [9.17, 15) is 9.90 Å². The second kappa shape index (κ2) is 6.88. The number of aliphatic hydroxyl groups excluding tert-OH is 1. The summed E-state index contributed by atoms with van der Waals surface area (Å²) in [7, 11) is 1.81. The van der Waals surface area contributed by atoms with Crippen molar-refractivity contribution in [1.82, 2.24) is 14.7 Å². The number of aryl methyl sites for hydroxylation is 2. The van der Waals surface area contributed by atoms with E-state index < -0.39 is 0 Å². The number of rotatable bonds is 5. The van der Waals surface area contributed by atoms with Crippen LogP contribution in [0.1, 0.15) is 55.2 Å². The maximum atomic E-state index is 12.7. The third-order valence-electron chi connectivity index (χ3n) is 4.13. The van der Waals surface area contributed by atoms with E-state index in [1.54, 1.807) is 4.68 Å². The highest BCUT2D eigenvalue weighted by atomic mass is 16.3. The molecule has 0 unspecified atom stereocenters. The van der Waals surface area contributed by atoms with E-state index in [0.717, 1.165) is 25.0 Å². The van der Waals surface area contributed by atoms with Gasteiger partial charge in [-0.25, -0.2) is 0 Å². The molecule has 0 aromatic carbocycles. The van der Waals surface area contributed by atoms with Gasteiger partial charge in [0, 0.05) is 19.6 Å². The molecule has 5 nitrogen and oxygen atoms in total. The van der Waals surface area contributed by atoms with Gasteiger partial charge in [-0.05, 0) is 25.3 Å². The van der Waals surface area contributed by atoms with E-state index in [4.69, 9.17) is 0 Å². The van der Waals surface area contributed by atoms with Crippen LogP contribution in [0.3, 0.4) is 0 Å². The molecule has 20 heavy (non-hydrogen) atoms. The molecule has 0 spiro atoms. The molecule has 0 aliphatic heterocycles. The van der Waals surface area contributed by atoms with Crippen LogP contribution < -0.4 is 0 Å². The van der Waals surface area contributed by atoms with E-state index in [2.05, 4.69) is 5.10 Å². The highest BCUT2D eigenvalue weighted by Crippen LogP contribution is 2.24. The highest BCUT2D eigenvalue weighted by molar-refractivity contribution is 5.93. The fourth-order valence-electron chi connectivity index (χ4n) is 3.00. The van der Waals surface area contributed by atoms with Gasteiger partial charge in [-0.1, -0.05) is 26.2 Å². The van der Waals surface area contributed by atoms with Crippen molar-refractivity contribution >= 4 is 5.91 Å². The summed E-state index contributed by atoms with van der Waals surface area (Å²) in [5.74, 6) is 0.000602. The molecule has 1 aromatic heterocycles. The zero-order chi connectivity index (χ0) is 14.5. The molecular formula is C15H25N3O2. The van der Waals surface area contributed by atoms with Gasteiger partial charge in [-0.3, -0.25) is 9.48 Å². The first-order chi connectivity index (χ1) is 9.67. The summed E-state index contributed by atoms with van der Waals surface area (Å²) in [4.78, 5) is 14.6. The topological polar surface area (TPSA) is 58.4 Å². The zero-order valence-electron chi connectivity index (χ0n) is 12.5. The maximum absolute atomic E-state index is 12.7. The molecule has 1 amide bonds. The SMILES string of the molecule is CCc1cc(C(=O)N(CCO)C2CCCCC2)n(C)n1. The molecule has 1 aliphatic rings. The number of aliphatic hydroxyl groups is 1. The van der Waals surface area contributed by atoms with Crippen molar-refractivity contribution in [3.05, 3.63) is 17.5 Å². The van der Waals surface area contributed by atoms with Crippen LogP contribution in [0.2, 0.25) is 0 Å². The van der Waals surface area contributed by atoms with Crippen molar-refractivity contribution in [3.8, 4) is 0 Å². The average Bonchev–Trinajstić information content (AvgIpc) is 2.86. The van der Waals surface area contributed by atoms with Gasteiger partial charge in [-0.15, -0.1) is 0 Å². The Morgan fingerprint density at radius 1 is 1.45 bits per heavy atom. The molecule has 0 bridgehead atoms. The predicted octanol–water partition coefficient (Wildman–Crippen LogP) is 1.75. The molecule has 2 rings (SSSR count). The summed E-state index contributed by atoms with van der Waals surface area (Å²) < 4.78 is 1.66. The van der Waals surface area contributed by atoms with Crippen LogP contribution in [0.5, 0.6) is 0 Å². The minimum absolute atomic E-state index is 0.000602. The van der Waals surface area contributed by atoms with Crippen LogP contribution in [0.15, 0.2) is 6.07 Å². The monoisotopic (exact) mass is 279 g/mol. The lowest BCUT2D eigenvalue weighted by Gasteiger charge is -2.33. The lowest BCUT2D eigenvalue weighted by Crippen LogP contribution is -2.43. The number of aromatic nitrogens is 2. The second-order valence-electron chi connectivity index (χ2n) is 5.51. The fraction of sp³-hybridized carbons (Fsp3) is 0.733. The number of carbonyl (C=O) groups excluding carboxylic acids is 1. The first-order valence-corrected chi connectivity index (χ1v) is 7.62. The Labute approximate surface area is 120 Å². The molecule has 1 N–H and O–H groups in total. The minimum Gasteiger partial charge on any atom is -0.395 e. The number of carbonyl (C=O) groups is 1. The Morgan fingerprint density at radius 3 is 2.70 bits per heavy atom. The van der Waals surface area contributed by atoms with Crippen LogP contribution in [0.4, 0.5) is 0 Å². The summed E-state index contributed by atoms with van der Waals surface area (Å²) in [5.41, 5.74) is 1.56. The molecule has 0 atom stereocenters. The Hall–Kier alpha value is -1.36. The van der Waals surface area contributed by atoms with Gasteiger partial charge in [0.15, 0.2) is 0 Å². The number of nitrogens with zero attached hydrogens (tertiary/aromatic N) is 3. The standard InChI is InChI=1S/C15H25N3O2/c1-3-12-11-14(17(2)16-12)15(20)18(9-10-19)13-7-5-4-6-8-13/h11,13,19H,3-10H2,1-2H3. The molecule has 1 aromatic rings. The lowest BCUT2D eigenvalue weighted by molar-refractivity contribution is 0.0574. The average molecular weight is 279 g/mol. The molecule has 5 heteroatoms. The van der Waals surface area contributed by atoms with Gasteiger partial charge in [0.2, 0.25) is 0 Å². The van der Waals surface area contributed by atoms with Gasteiger partial charge in [0.05, 0.1) is 12.3 Å². The Bertz CT molecular complexity index is 450. The lowest BCUT2D eigenvalue weighted by atomic mass is 9.94. The van der Waals surface area contributed by atoms with Gasteiger partial charge in [0.1, 0.15) is 5.69 Å². The summed E-state index contributed by atoms with van der Waals surface area (Å²) >= 11 is 0. The van der Waals surface area contributed by atoms with Crippen molar-refractivity contribution in [2.24, 2.45) is 7.05 Å². The Balaban J connectivity index is 2.18. The van der Waals surface area contributed by atoms with Gasteiger partial charge in [-0.2, -0.15) is 5.10 Å². The minimum atomic E-state index is 0.000602. The summed E-state index contributed by atoms with van der Waals surface area (Å²) in [5, 5.41) is 13.6. The molecule has 112 valence electrons. The highest BCUT2D eigenvalue weighted by Gasteiger charge is 2.27. The quantitative estimate of drug-likeness (QED) is 0.893. The number of hydrogen-bond donors (Lipinski definition) is 1. The fourth-order valence-corrected chi connectivity index (χ4v) is 3.00. The molecule has 0 saturated heterocycles. The summed E-state index contributed by atoms with van der Waals surface area (Å²) in [6.07, 6.45) is 6.51. The molecule has 1 fully saturated rings. The van der Waals surface area contributed by atoms with E-state index >= 15 is 0 Å². The number of hydrogen-bond acceptors (Lipinski definition) is 3. The van der Waals surface area contributed by atoms with Crippen LogP contribution in [-0.2, 0) is 13.5 Å². The zero-order valence-corrected chi connectivity index (χ0v) is 12.5. The van der Waals surface area contributed by atoms with Crippen molar-refractivity contribution in [2.45, 2.75) is 51.5 Å². The van der Waals surface area contributed by atoms with Crippen LogP contribution in [-0.4, -0.2) is 44.9 Å². The third kappa shape index (κ3) is 3.20. The van der Waals surface area contributed by atoms with Gasteiger partial charge >= 0.3 is 0 Å². The van der Waals surface area contributed by atoms with E-state index in [-0.39, 0.29) is 18.6 Å². The molecule has 1 heterocycles. The molecule has 0 radical (unpaired) electrons. The second-order valence-corrected chi connectivity index (χ2v) is 5.51. The summed E-state index contributed by atoms with van der Waals surface area (Å²) in [6, 6.07) is 2.14. The molecule has 1 saturated carbocycles. The van der Waals surface area contributed by atoms with Crippen molar-refractivity contribution < 1.29 is 9.90 Å². The van der Waals surface area contributed by atoms with Crippen LogP contribution in [0.25, 0.3) is 0 Å². The Morgan fingerprint density at radius 2 is 2.15 bits per heavy atom. The van der Waals surface area contributed by atoms with Crippen molar-refractivity contribution in [2.75, 3.05) is 13.2 Å². The van der Waals surface area contributed by atoms with Crippen LogP contribution >= 0.6 is 0 Å². The summed E-state index contributed by atoms with van der Waals surface area (Å²) in [6.45, 7) is 2.46. The Kier molecular flexibility index (Phi) is 5.17. The van der Waals surface area contributed by atoms with E-state index in [1.807, 2.05) is 24.9 Å². The van der Waals surface area contributed by atoms with E-state index in [1.165, 1.54) is 19.3 Å². The third-order valence-corrected chi connectivity index (χ3v) is 4.13. The van der Waals surface area contributed by atoms with E-state index in [0.29, 0.717) is 12.2 Å². The predicted molar refractivity (Wildman–Crippen MR) is 77.6 cm³/mol. The molecule has 1 aliphatic carbocycles. The number of amides is 1. The van der Waals surface area contributed by atoms with Crippen molar-refractivity contribution in [3.63, 3.8) is 0 Å². The first kappa shape index (κ1) is 15.0. The molecular weight excluding hydrogens is 254 g/mol.